The Labute approximate surface area is 159 Å². The second-order valence-electron chi connectivity index (χ2n) is 5.82. The molecule has 1 aromatic heterocycles. The largest absolute Gasteiger partial charge is 0.382 e. The number of aromatic nitrogens is 2. The van der Waals surface area contributed by atoms with E-state index < -0.39 is 6.10 Å². The van der Waals surface area contributed by atoms with Crippen molar-refractivity contribution in [3.63, 3.8) is 0 Å². The lowest BCUT2D eigenvalue weighted by atomic mass is 10.0. The molecule has 1 unspecified atom stereocenters. The van der Waals surface area contributed by atoms with Crippen LogP contribution in [0, 0.1) is 6.92 Å². The molecule has 1 aliphatic rings. The fourth-order valence-electron chi connectivity index (χ4n) is 2.53. The van der Waals surface area contributed by atoms with E-state index >= 15 is 0 Å². The first-order valence-corrected chi connectivity index (χ1v) is 9.16. The molecular weight excluding hydrogens is 408 g/mol. The van der Waals surface area contributed by atoms with Gasteiger partial charge in [-0.15, -0.1) is 0 Å². The number of hydrogen-bond donors (Lipinski definition) is 1. The van der Waals surface area contributed by atoms with Gasteiger partial charge in [-0.05, 0) is 25.5 Å². The minimum Gasteiger partial charge on any atom is -0.382 e. The molecule has 0 bridgehead atoms. The van der Waals surface area contributed by atoms with Crippen molar-refractivity contribution in [1.82, 2.24) is 15.1 Å². The van der Waals surface area contributed by atoms with E-state index in [1.54, 1.807) is 10.9 Å². The van der Waals surface area contributed by atoms with E-state index in [0.717, 1.165) is 27.9 Å². The van der Waals surface area contributed by atoms with Gasteiger partial charge in [0, 0.05) is 35.7 Å². The standard InChI is InChI=1S/C17H18BrClN4O2/c1-11-14(19)10-23(21-11)7-3-6-20-17(24)16-9-15(22-25-16)12-4-2-5-13(18)8-12/h2,4-5,8,10,16H,3,6-7,9H2,1H3,(H,20,24). The van der Waals surface area contributed by atoms with Crippen LogP contribution in [-0.4, -0.2) is 34.0 Å². The average molecular weight is 426 g/mol. The highest BCUT2D eigenvalue weighted by atomic mass is 79.9. The zero-order valence-corrected chi connectivity index (χ0v) is 16.0. The Hall–Kier alpha value is -1.86. The zero-order chi connectivity index (χ0) is 17.8. The molecule has 1 N–H and O–H groups in total. The summed E-state index contributed by atoms with van der Waals surface area (Å²) in [6.45, 7) is 3.10. The number of nitrogens with zero attached hydrogens (tertiary/aromatic N) is 3. The third kappa shape index (κ3) is 4.61. The number of carbonyl (C=O) groups is 1. The second kappa shape index (κ2) is 8.01. The molecule has 6 nitrogen and oxygen atoms in total. The van der Waals surface area contributed by atoms with E-state index in [9.17, 15) is 4.79 Å². The van der Waals surface area contributed by atoms with Crippen LogP contribution in [0.3, 0.4) is 0 Å². The van der Waals surface area contributed by atoms with Crippen LogP contribution in [-0.2, 0) is 16.2 Å². The lowest BCUT2D eigenvalue weighted by Gasteiger charge is -2.09. The molecule has 132 valence electrons. The van der Waals surface area contributed by atoms with Crippen molar-refractivity contribution in [3.8, 4) is 0 Å². The van der Waals surface area contributed by atoms with Crippen LogP contribution >= 0.6 is 27.5 Å². The monoisotopic (exact) mass is 424 g/mol. The topological polar surface area (TPSA) is 68.5 Å². The molecule has 3 rings (SSSR count). The number of halogens is 2. The number of nitrogens with one attached hydrogen (secondary N) is 1. The highest BCUT2D eigenvalue weighted by Gasteiger charge is 2.28. The summed E-state index contributed by atoms with van der Waals surface area (Å²) < 4.78 is 2.75. The summed E-state index contributed by atoms with van der Waals surface area (Å²) in [5, 5.41) is 11.9. The number of benzene rings is 1. The smallest absolute Gasteiger partial charge is 0.264 e. The zero-order valence-electron chi connectivity index (χ0n) is 13.7. The fourth-order valence-corrected chi connectivity index (χ4v) is 3.08. The van der Waals surface area contributed by atoms with Gasteiger partial charge >= 0.3 is 0 Å². The number of hydrogen-bond acceptors (Lipinski definition) is 4. The molecule has 0 saturated heterocycles. The number of carbonyl (C=O) groups excluding carboxylic acids is 1. The van der Waals surface area contributed by atoms with Gasteiger partial charge < -0.3 is 10.2 Å². The van der Waals surface area contributed by atoms with Gasteiger partial charge in [-0.3, -0.25) is 9.48 Å². The Kier molecular flexibility index (Phi) is 5.75. The fraction of sp³-hybridized carbons (Fsp3) is 0.353. The highest BCUT2D eigenvalue weighted by Crippen LogP contribution is 2.20. The van der Waals surface area contributed by atoms with Gasteiger partial charge in [0.15, 0.2) is 0 Å². The molecule has 2 heterocycles. The van der Waals surface area contributed by atoms with Gasteiger partial charge in [-0.25, -0.2) is 0 Å². The molecule has 8 heteroatoms. The lowest BCUT2D eigenvalue weighted by Crippen LogP contribution is -2.35. The predicted molar refractivity (Wildman–Crippen MR) is 99.8 cm³/mol. The van der Waals surface area contributed by atoms with Gasteiger partial charge in [0.05, 0.1) is 16.4 Å². The third-order valence-electron chi connectivity index (χ3n) is 3.87. The Morgan fingerprint density at radius 2 is 2.36 bits per heavy atom. The van der Waals surface area contributed by atoms with Crippen molar-refractivity contribution in [3.05, 3.63) is 51.2 Å². The van der Waals surface area contributed by atoms with Gasteiger partial charge in [0.25, 0.3) is 5.91 Å². The lowest BCUT2D eigenvalue weighted by molar-refractivity contribution is -0.131. The number of oxime groups is 1. The summed E-state index contributed by atoms with van der Waals surface area (Å²) in [5.41, 5.74) is 2.54. The highest BCUT2D eigenvalue weighted by molar-refractivity contribution is 9.10. The van der Waals surface area contributed by atoms with Crippen LogP contribution in [0.15, 0.2) is 40.1 Å². The van der Waals surface area contributed by atoms with Crippen molar-refractivity contribution < 1.29 is 9.63 Å². The molecule has 0 aliphatic carbocycles. The molecule has 25 heavy (non-hydrogen) atoms. The summed E-state index contributed by atoms with van der Waals surface area (Å²) in [6.07, 6.45) is 2.44. The predicted octanol–water partition coefficient (Wildman–Crippen LogP) is 3.31. The van der Waals surface area contributed by atoms with E-state index in [-0.39, 0.29) is 5.91 Å². The van der Waals surface area contributed by atoms with Crippen LogP contribution < -0.4 is 5.32 Å². The Bertz CT molecular complexity index is 786. The maximum Gasteiger partial charge on any atom is 0.264 e. The van der Waals surface area contributed by atoms with E-state index in [4.69, 9.17) is 16.4 Å². The van der Waals surface area contributed by atoms with E-state index in [1.165, 1.54) is 0 Å². The molecule has 1 amide bonds. The van der Waals surface area contributed by atoms with Crippen LogP contribution in [0.25, 0.3) is 0 Å². The van der Waals surface area contributed by atoms with Crippen LogP contribution in [0.5, 0.6) is 0 Å². The quantitative estimate of drug-likeness (QED) is 0.722. The first-order chi connectivity index (χ1) is 12.0. The Morgan fingerprint density at radius 1 is 1.52 bits per heavy atom. The summed E-state index contributed by atoms with van der Waals surface area (Å²) in [7, 11) is 0. The van der Waals surface area contributed by atoms with E-state index in [1.807, 2.05) is 31.2 Å². The minimum atomic E-state index is -0.574. The number of rotatable bonds is 6. The number of aryl methyl sites for hydroxylation is 2. The first-order valence-electron chi connectivity index (χ1n) is 7.99. The average Bonchev–Trinajstić information content (AvgIpc) is 3.19. The van der Waals surface area contributed by atoms with Crippen molar-refractivity contribution in [1.29, 1.82) is 0 Å². The van der Waals surface area contributed by atoms with Crippen LogP contribution in [0.2, 0.25) is 5.02 Å². The van der Waals surface area contributed by atoms with Gasteiger partial charge in [0.2, 0.25) is 6.10 Å². The molecule has 0 saturated carbocycles. The van der Waals surface area contributed by atoms with E-state index in [2.05, 4.69) is 31.5 Å². The maximum absolute atomic E-state index is 12.2. The summed E-state index contributed by atoms with van der Waals surface area (Å²) >= 11 is 9.40. The molecule has 1 atom stereocenters. The van der Waals surface area contributed by atoms with Crippen LogP contribution in [0.1, 0.15) is 24.1 Å². The normalized spacial score (nSPS) is 16.4. The molecule has 0 fully saturated rings. The Morgan fingerprint density at radius 3 is 3.08 bits per heavy atom. The van der Waals surface area contributed by atoms with Crippen molar-refractivity contribution in [2.24, 2.45) is 5.16 Å². The SMILES string of the molecule is Cc1nn(CCCNC(=O)C2CC(c3cccc(Br)c3)=NO2)cc1Cl. The molecule has 2 aromatic rings. The molecule has 1 aromatic carbocycles. The van der Waals surface area contributed by atoms with E-state index in [0.29, 0.717) is 24.5 Å². The number of amides is 1. The minimum absolute atomic E-state index is 0.150. The van der Waals surface area contributed by atoms with Crippen LogP contribution in [0.4, 0.5) is 0 Å². The Balaban J connectivity index is 1.42. The van der Waals surface area contributed by atoms with Crippen molar-refractivity contribution in [2.75, 3.05) is 6.54 Å². The summed E-state index contributed by atoms with van der Waals surface area (Å²) in [5.74, 6) is -0.150. The van der Waals surface area contributed by atoms with Crippen molar-refractivity contribution in [2.45, 2.75) is 32.4 Å². The van der Waals surface area contributed by atoms with Gasteiger partial charge in [-0.2, -0.15) is 5.10 Å². The third-order valence-corrected chi connectivity index (χ3v) is 4.73. The summed E-state index contributed by atoms with van der Waals surface area (Å²) in [4.78, 5) is 17.5. The molecular formula is C17H18BrClN4O2. The maximum atomic E-state index is 12.2. The second-order valence-corrected chi connectivity index (χ2v) is 7.14. The van der Waals surface area contributed by atoms with Gasteiger partial charge in [-0.1, -0.05) is 44.8 Å². The first kappa shape index (κ1) is 17.9. The summed E-state index contributed by atoms with van der Waals surface area (Å²) in [6, 6.07) is 7.78. The molecule has 0 radical (unpaired) electrons. The van der Waals surface area contributed by atoms with Gasteiger partial charge in [0.1, 0.15) is 0 Å². The van der Waals surface area contributed by atoms with Crippen molar-refractivity contribution >= 4 is 39.1 Å². The molecule has 0 spiro atoms. The molecule has 1 aliphatic heterocycles.